The molecule has 0 saturated carbocycles. The van der Waals surface area contributed by atoms with Gasteiger partial charge in [0.05, 0.1) is 12.4 Å². The van der Waals surface area contributed by atoms with Gasteiger partial charge in [-0.1, -0.05) is 0 Å². The molecule has 1 saturated heterocycles. The van der Waals surface area contributed by atoms with Crippen LogP contribution in [0.2, 0.25) is 0 Å². The van der Waals surface area contributed by atoms with E-state index in [4.69, 9.17) is 9.15 Å². The van der Waals surface area contributed by atoms with Crippen LogP contribution in [-0.4, -0.2) is 31.6 Å². The van der Waals surface area contributed by atoms with Crippen molar-refractivity contribution in [2.75, 3.05) is 19.7 Å². The van der Waals surface area contributed by atoms with Gasteiger partial charge < -0.3 is 14.5 Å². The number of Topliss-reactive ketones (excluding diaryl/α,β-unsaturated/α-hetero) is 1. The molecule has 0 aromatic carbocycles. The lowest BCUT2D eigenvalue weighted by molar-refractivity contribution is 0.0332. The fourth-order valence-electron chi connectivity index (χ4n) is 1.66. The van der Waals surface area contributed by atoms with Crippen LogP contribution in [-0.2, 0) is 4.74 Å². The summed E-state index contributed by atoms with van der Waals surface area (Å²) in [6, 6.07) is 3.36. The number of ether oxygens (including phenoxy) is 1. The van der Waals surface area contributed by atoms with Crippen LogP contribution in [0.15, 0.2) is 22.8 Å². The molecule has 1 aliphatic rings. The van der Waals surface area contributed by atoms with Gasteiger partial charge in [0.25, 0.3) is 0 Å². The maximum atomic E-state index is 11.5. The Hall–Kier alpha value is -1.13. The predicted molar refractivity (Wildman–Crippen MR) is 54.9 cm³/mol. The summed E-state index contributed by atoms with van der Waals surface area (Å²) in [5, 5.41) is 3.23. The zero-order valence-electron chi connectivity index (χ0n) is 8.57. The molecule has 1 fully saturated rings. The Kier molecular flexibility index (Phi) is 3.53. The number of hydrogen-bond acceptors (Lipinski definition) is 4. The molecule has 0 amide bonds. The Labute approximate surface area is 88.6 Å². The molecule has 0 spiro atoms. The van der Waals surface area contributed by atoms with Gasteiger partial charge in [-0.15, -0.1) is 0 Å². The summed E-state index contributed by atoms with van der Waals surface area (Å²) in [7, 11) is 0. The summed E-state index contributed by atoms with van der Waals surface area (Å²) in [6.07, 6.45) is 3.80. The Morgan fingerprint density at radius 3 is 3.27 bits per heavy atom. The molecule has 1 aromatic heterocycles. The van der Waals surface area contributed by atoms with Crippen molar-refractivity contribution in [2.45, 2.75) is 18.9 Å². The van der Waals surface area contributed by atoms with Gasteiger partial charge in [0.15, 0.2) is 5.76 Å². The van der Waals surface area contributed by atoms with Crippen molar-refractivity contribution < 1.29 is 13.9 Å². The van der Waals surface area contributed by atoms with E-state index in [1.54, 1.807) is 12.1 Å². The van der Waals surface area contributed by atoms with Crippen molar-refractivity contribution in [3.8, 4) is 0 Å². The van der Waals surface area contributed by atoms with Crippen molar-refractivity contribution in [1.82, 2.24) is 5.32 Å². The number of carbonyl (C=O) groups excluding carboxylic acids is 1. The average Bonchev–Trinajstić information content (AvgIpc) is 2.81. The van der Waals surface area contributed by atoms with Crippen LogP contribution in [0.5, 0.6) is 0 Å². The number of nitrogens with one attached hydrogen (secondary N) is 1. The van der Waals surface area contributed by atoms with Gasteiger partial charge in [-0.25, -0.2) is 0 Å². The Bertz CT molecular complexity index is 302. The SMILES string of the molecule is O=C(CO[C@@H]1CCCNC1)c1ccco1. The molecule has 2 heterocycles. The van der Waals surface area contributed by atoms with Crippen LogP contribution in [0.25, 0.3) is 0 Å². The van der Waals surface area contributed by atoms with Crippen molar-refractivity contribution in [2.24, 2.45) is 0 Å². The quantitative estimate of drug-likeness (QED) is 0.758. The van der Waals surface area contributed by atoms with E-state index in [0.717, 1.165) is 25.9 Å². The highest BCUT2D eigenvalue weighted by Crippen LogP contribution is 2.07. The second kappa shape index (κ2) is 5.09. The van der Waals surface area contributed by atoms with Crippen LogP contribution < -0.4 is 5.32 Å². The molecule has 0 radical (unpaired) electrons. The maximum absolute atomic E-state index is 11.5. The second-order valence-corrected chi connectivity index (χ2v) is 3.68. The Balaban J connectivity index is 1.75. The number of hydrogen-bond donors (Lipinski definition) is 1. The number of rotatable bonds is 4. The molecule has 4 nitrogen and oxygen atoms in total. The minimum atomic E-state index is -0.0921. The minimum Gasteiger partial charge on any atom is -0.461 e. The molecule has 2 rings (SSSR count). The molecular formula is C11H15NO3. The minimum absolute atomic E-state index is 0.0921. The van der Waals surface area contributed by atoms with Crippen molar-refractivity contribution >= 4 is 5.78 Å². The molecule has 0 unspecified atom stereocenters. The van der Waals surface area contributed by atoms with Crippen molar-refractivity contribution in [3.63, 3.8) is 0 Å². The zero-order chi connectivity index (χ0) is 10.5. The first kappa shape index (κ1) is 10.4. The Morgan fingerprint density at radius 1 is 1.67 bits per heavy atom. The molecule has 82 valence electrons. The van der Waals surface area contributed by atoms with Gasteiger partial charge in [-0.05, 0) is 31.5 Å². The first-order chi connectivity index (χ1) is 7.36. The first-order valence-corrected chi connectivity index (χ1v) is 5.25. The molecule has 1 atom stereocenters. The van der Waals surface area contributed by atoms with E-state index in [2.05, 4.69) is 5.32 Å². The van der Waals surface area contributed by atoms with Crippen LogP contribution in [0.4, 0.5) is 0 Å². The van der Waals surface area contributed by atoms with E-state index in [-0.39, 0.29) is 18.5 Å². The highest BCUT2D eigenvalue weighted by molar-refractivity contribution is 5.94. The topological polar surface area (TPSA) is 51.5 Å². The van der Waals surface area contributed by atoms with E-state index >= 15 is 0 Å². The largest absolute Gasteiger partial charge is 0.461 e. The van der Waals surface area contributed by atoms with E-state index in [9.17, 15) is 4.79 Å². The first-order valence-electron chi connectivity index (χ1n) is 5.25. The predicted octanol–water partition coefficient (Wildman–Crippen LogP) is 1.23. The van der Waals surface area contributed by atoms with Gasteiger partial charge >= 0.3 is 0 Å². The molecule has 1 aromatic rings. The summed E-state index contributed by atoms with van der Waals surface area (Å²) in [6.45, 7) is 2.00. The lowest BCUT2D eigenvalue weighted by Crippen LogP contribution is -2.36. The number of carbonyl (C=O) groups is 1. The van der Waals surface area contributed by atoms with Gasteiger partial charge in [-0.3, -0.25) is 4.79 Å². The third-order valence-electron chi connectivity index (χ3n) is 2.50. The van der Waals surface area contributed by atoms with Crippen LogP contribution in [0.1, 0.15) is 23.4 Å². The fourth-order valence-corrected chi connectivity index (χ4v) is 1.66. The highest BCUT2D eigenvalue weighted by atomic mass is 16.5. The summed E-state index contributed by atoms with van der Waals surface area (Å²) < 4.78 is 10.5. The van der Waals surface area contributed by atoms with Crippen molar-refractivity contribution in [3.05, 3.63) is 24.2 Å². The molecule has 4 heteroatoms. The molecular weight excluding hydrogens is 194 g/mol. The highest BCUT2D eigenvalue weighted by Gasteiger charge is 2.16. The monoisotopic (exact) mass is 209 g/mol. The Morgan fingerprint density at radius 2 is 2.60 bits per heavy atom. The average molecular weight is 209 g/mol. The van der Waals surface area contributed by atoms with Gasteiger partial charge in [0, 0.05) is 6.54 Å². The summed E-state index contributed by atoms with van der Waals surface area (Å²) in [5.41, 5.74) is 0. The summed E-state index contributed by atoms with van der Waals surface area (Å²) in [5.74, 6) is 0.282. The van der Waals surface area contributed by atoms with Gasteiger partial charge in [-0.2, -0.15) is 0 Å². The van der Waals surface area contributed by atoms with E-state index in [1.165, 1.54) is 6.26 Å². The normalized spacial score (nSPS) is 21.5. The lowest BCUT2D eigenvalue weighted by atomic mass is 10.1. The van der Waals surface area contributed by atoms with E-state index in [0.29, 0.717) is 5.76 Å². The summed E-state index contributed by atoms with van der Waals surface area (Å²) >= 11 is 0. The molecule has 0 bridgehead atoms. The molecule has 1 aliphatic heterocycles. The third-order valence-corrected chi connectivity index (χ3v) is 2.50. The molecule has 0 aliphatic carbocycles. The second-order valence-electron chi connectivity index (χ2n) is 3.68. The number of furan rings is 1. The van der Waals surface area contributed by atoms with E-state index < -0.39 is 0 Å². The fraction of sp³-hybridized carbons (Fsp3) is 0.545. The third kappa shape index (κ3) is 2.91. The van der Waals surface area contributed by atoms with Crippen molar-refractivity contribution in [1.29, 1.82) is 0 Å². The molecule has 15 heavy (non-hydrogen) atoms. The molecule has 1 N–H and O–H groups in total. The van der Waals surface area contributed by atoms with Crippen LogP contribution in [0.3, 0.4) is 0 Å². The number of ketones is 1. The lowest BCUT2D eigenvalue weighted by Gasteiger charge is -2.22. The smallest absolute Gasteiger partial charge is 0.223 e. The summed E-state index contributed by atoms with van der Waals surface area (Å²) in [4.78, 5) is 11.5. The zero-order valence-corrected chi connectivity index (χ0v) is 8.57. The maximum Gasteiger partial charge on any atom is 0.223 e. The van der Waals surface area contributed by atoms with Gasteiger partial charge in [0.1, 0.15) is 6.61 Å². The van der Waals surface area contributed by atoms with Crippen LogP contribution >= 0.6 is 0 Å². The van der Waals surface area contributed by atoms with Gasteiger partial charge in [0.2, 0.25) is 5.78 Å². The van der Waals surface area contributed by atoms with E-state index in [1.807, 2.05) is 0 Å². The standard InChI is InChI=1S/C11H15NO3/c13-10(11-4-2-6-14-11)8-15-9-3-1-5-12-7-9/h2,4,6,9,12H,1,3,5,7-8H2/t9-/m1/s1. The number of piperidine rings is 1. The van der Waals surface area contributed by atoms with Crippen LogP contribution in [0, 0.1) is 0 Å².